The van der Waals surface area contributed by atoms with Crippen molar-refractivity contribution in [3.05, 3.63) is 0 Å². The Balaban J connectivity index is 0.00000264. The number of morpholine rings is 1. The van der Waals surface area contributed by atoms with Gasteiger partial charge in [0, 0.05) is 44.0 Å². The third-order valence-electron chi connectivity index (χ3n) is 4.94. The lowest BCUT2D eigenvalue weighted by molar-refractivity contribution is -0.0120. The fourth-order valence-electron chi connectivity index (χ4n) is 2.96. The molecule has 0 aromatic heterocycles. The fourth-order valence-corrected chi connectivity index (χ4v) is 4.44. The van der Waals surface area contributed by atoms with Gasteiger partial charge < -0.3 is 15.4 Å². The van der Waals surface area contributed by atoms with Crippen molar-refractivity contribution < 1.29 is 4.74 Å². The SMILES string of the molecule is CN=C(NCC1(N2CCOCC2)CCSC1)NC(C)C(C)C.I. The number of rotatable bonds is 5. The molecule has 2 aliphatic heterocycles. The summed E-state index contributed by atoms with van der Waals surface area (Å²) in [4.78, 5) is 7.02. The molecule has 0 bridgehead atoms. The van der Waals surface area contributed by atoms with Gasteiger partial charge in [-0.3, -0.25) is 9.89 Å². The van der Waals surface area contributed by atoms with Crippen LogP contribution in [0.5, 0.6) is 0 Å². The smallest absolute Gasteiger partial charge is 0.191 e. The number of hydrogen-bond donors (Lipinski definition) is 2. The molecule has 2 rings (SSSR count). The van der Waals surface area contributed by atoms with Crippen molar-refractivity contribution in [2.24, 2.45) is 10.9 Å². The van der Waals surface area contributed by atoms with Gasteiger partial charge in [0.1, 0.15) is 0 Å². The normalized spacial score (nSPS) is 27.6. The molecule has 2 aliphatic rings. The molecule has 2 heterocycles. The highest BCUT2D eigenvalue weighted by Crippen LogP contribution is 2.33. The van der Waals surface area contributed by atoms with E-state index >= 15 is 0 Å². The van der Waals surface area contributed by atoms with Crippen molar-refractivity contribution in [1.82, 2.24) is 15.5 Å². The first-order valence-electron chi connectivity index (χ1n) is 8.45. The molecule has 5 nitrogen and oxygen atoms in total. The first-order valence-corrected chi connectivity index (χ1v) is 9.60. The van der Waals surface area contributed by atoms with E-state index in [9.17, 15) is 0 Å². The van der Waals surface area contributed by atoms with Gasteiger partial charge in [-0.15, -0.1) is 24.0 Å². The fraction of sp³-hybridized carbons (Fsp3) is 0.938. The maximum absolute atomic E-state index is 5.53. The third kappa shape index (κ3) is 5.93. The predicted molar refractivity (Wildman–Crippen MR) is 111 cm³/mol. The molecule has 2 saturated heterocycles. The zero-order valence-corrected chi connectivity index (χ0v) is 18.1. The Morgan fingerprint density at radius 1 is 1.30 bits per heavy atom. The molecule has 0 amide bonds. The number of halogens is 1. The molecule has 0 spiro atoms. The molecule has 2 unspecified atom stereocenters. The van der Waals surface area contributed by atoms with E-state index in [0.717, 1.165) is 38.8 Å². The Hall–Kier alpha value is 0.270. The van der Waals surface area contributed by atoms with Crippen LogP contribution < -0.4 is 10.6 Å². The van der Waals surface area contributed by atoms with Crippen LogP contribution in [0.25, 0.3) is 0 Å². The van der Waals surface area contributed by atoms with Gasteiger partial charge in [-0.05, 0) is 25.0 Å². The second kappa shape index (κ2) is 10.3. The summed E-state index contributed by atoms with van der Waals surface area (Å²) >= 11 is 2.07. The summed E-state index contributed by atoms with van der Waals surface area (Å²) in [7, 11) is 1.85. The minimum absolute atomic E-state index is 0. The van der Waals surface area contributed by atoms with Crippen molar-refractivity contribution in [3.8, 4) is 0 Å². The number of nitrogens with zero attached hydrogens (tertiary/aromatic N) is 2. The van der Waals surface area contributed by atoms with E-state index in [2.05, 4.69) is 53.1 Å². The lowest BCUT2D eigenvalue weighted by Crippen LogP contribution is -2.60. The summed E-state index contributed by atoms with van der Waals surface area (Å²) < 4.78 is 5.53. The highest BCUT2D eigenvalue weighted by atomic mass is 127. The molecule has 7 heteroatoms. The van der Waals surface area contributed by atoms with Crippen LogP contribution >= 0.6 is 35.7 Å². The Morgan fingerprint density at radius 3 is 2.52 bits per heavy atom. The Bertz CT molecular complexity index is 369. The van der Waals surface area contributed by atoms with Gasteiger partial charge in [-0.1, -0.05) is 13.8 Å². The van der Waals surface area contributed by atoms with E-state index in [1.807, 2.05) is 7.05 Å². The summed E-state index contributed by atoms with van der Waals surface area (Å²) in [6, 6.07) is 0.420. The first kappa shape index (κ1) is 21.3. The van der Waals surface area contributed by atoms with Crippen molar-refractivity contribution in [2.45, 2.75) is 38.8 Å². The van der Waals surface area contributed by atoms with Crippen LogP contribution in [0.3, 0.4) is 0 Å². The van der Waals surface area contributed by atoms with Gasteiger partial charge in [0.25, 0.3) is 0 Å². The van der Waals surface area contributed by atoms with Crippen LogP contribution in [-0.4, -0.2) is 73.8 Å². The standard InChI is InChI=1S/C16H32N4OS.HI/c1-13(2)14(3)19-15(17-4)18-11-16(5-10-22-12-16)20-6-8-21-9-7-20;/h13-14H,5-12H2,1-4H3,(H2,17,18,19);1H. The summed E-state index contributed by atoms with van der Waals surface area (Å²) in [5, 5.41) is 7.08. The quantitative estimate of drug-likeness (QED) is 0.377. The molecule has 136 valence electrons. The Kier molecular flexibility index (Phi) is 9.55. The van der Waals surface area contributed by atoms with Gasteiger partial charge in [0.2, 0.25) is 0 Å². The first-order chi connectivity index (χ1) is 10.6. The monoisotopic (exact) mass is 456 g/mol. The molecule has 2 N–H and O–H groups in total. The topological polar surface area (TPSA) is 48.9 Å². The molecule has 0 radical (unpaired) electrons. The maximum atomic E-state index is 5.53. The molecule has 0 aliphatic carbocycles. The molecule has 2 fully saturated rings. The summed E-state index contributed by atoms with van der Waals surface area (Å²) in [6.45, 7) is 11.5. The van der Waals surface area contributed by atoms with E-state index in [4.69, 9.17) is 4.74 Å². The molecule has 2 atom stereocenters. The van der Waals surface area contributed by atoms with Gasteiger partial charge in [0.15, 0.2) is 5.96 Å². The minimum atomic E-state index is 0. The number of thioether (sulfide) groups is 1. The largest absolute Gasteiger partial charge is 0.379 e. The lowest BCUT2D eigenvalue weighted by atomic mass is 9.95. The summed E-state index contributed by atoms with van der Waals surface area (Å²) in [6.07, 6.45) is 1.25. The van der Waals surface area contributed by atoms with Crippen LogP contribution in [-0.2, 0) is 4.74 Å². The lowest BCUT2D eigenvalue weighted by Gasteiger charge is -2.43. The van der Waals surface area contributed by atoms with E-state index in [1.165, 1.54) is 17.9 Å². The highest BCUT2D eigenvalue weighted by Gasteiger charge is 2.40. The molecule has 0 aromatic rings. The van der Waals surface area contributed by atoms with E-state index in [1.54, 1.807) is 0 Å². The van der Waals surface area contributed by atoms with E-state index in [0.29, 0.717) is 12.0 Å². The van der Waals surface area contributed by atoms with Crippen LogP contribution in [0.15, 0.2) is 4.99 Å². The average Bonchev–Trinajstić information content (AvgIpc) is 3.02. The van der Waals surface area contributed by atoms with Crippen molar-refractivity contribution in [2.75, 3.05) is 51.4 Å². The number of guanidine groups is 1. The van der Waals surface area contributed by atoms with Crippen LogP contribution in [0.4, 0.5) is 0 Å². The minimum Gasteiger partial charge on any atom is -0.379 e. The third-order valence-corrected chi connectivity index (χ3v) is 6.17. The maximum Gasteiger partial charge on any atom is 0.191 e. The number of aliphatic imine (C=N–C) groups is 1. The van der Waals surface area contributed by atoms with E-state index in [-0.39, 0.29) is 29.5 Å². The number of hydrogen-bond acceptors (Lipinski definition) is 4. The van der Waals surface area contributed by atoms with Crippen molar-refractivity contribution in [1.29, 1.82) is 0 Å². The summed E-state index contributed by atoms with van der Waals surface area (Å²) in [5.41, 5.74) is 0.257. The highest BCUT2D eigenvalue weighted by molar-refractivity contribution is 14.0. The zero-order chi connectivity index (χ0) is 16.0. The molecular weight excluding hydrogens is 423 g/mol. The van der Waals surface area contributed by atoms with Crippen LogP contribution in [0, 0.1) is 5.92 Å². The van der Waals surface area contributed by atoms with Crippen LogP contribution in [0.2, 0.25) is 0 Å². The number of ether oxygens (including phenoxy) is 1. The predicted octanol–water partition coefficient (Wildman–Crippen LogP) is 2.02. The van der Waals surface area contributed by atoms with Crippen LogP contribution in [0.1, 0.15) is 27.2 Å². The Labute approximate surface area is 162 Å². The molecule has 23 heavy (non-hydrogen) atoms. The van der Waals surface area contributed by atoms with Gasteiger partial charge in [-0.2, -0.15) is 11.8 Å². The molecule has 0 saturated carbocycles. The van der Waals surface area contributed by atoms with Crippen molar-refractivity contribution in [3.63, 3.8) is 0 Å². The zero-order valence-electron chi connectivity index (χ0n) is 14.9. The molecule has 0 aromatic carbocycles. The van der Waals surface area contributed by atoms with Gasteiger partial charge in [0.05, 0.1) is 13.2 Å². The Morgan fingerprint density at radius 2 is 2.00 bits per heavy atom. The average molecular weight is 456 g/mol. The van der Waals surface area contributed by atoms with Crippen molar-refractivity contribution >= 4 is 41.7 Å². The molecular formula is C16H33IN4OS. The van der Waals surface area contributed by atoms with E-state index < -0.39 is 0 Å². The van der Waals surface area contributed by atoms with Gasteiger partial charge in [-0.25, -0.2) is 0 Å². The summed E-state index contributed by atoms with van der Waals surface area (Å²) in [5.74, 6) is 3.98. The van der Waals surface area contributed by atoms with Gasteiger partial charge >= 0.3 is 0 Å². The number of nitrogens with one attached hydrogen (secondary N) is 2. The second-order valence-corrected chi connectivity index (χ2v) is 7.83. The second-order valence-electron chi connectivity index (χ2n) is 6.73.